The zero-order valence-electron chi connectivity index (χ0n) is 17.3. The predicted octanol–water partition coefficient (Wildman–Crippen LogP) is 4.82. The molecule has 11 heteroatoms. The Morgan fingerprint density at radius 3 is 2.30 bits per heavy atom. The molecule has 0 atom stereocenters. The van der Waals surface area contributed by atoms with E-state index in [4.69, 9.17) is 4.74 Å². The number of halogens is 4. The van der Waals surface area contributed by atoms with Crippen LogP contribution in [0.2, 0.25) is 0 Å². The van der Waals surface area contributed by atoms with E-state index in [-0.39, 0.29) is 22.9 Å². The Hall–Kier alpha value is -4.02. The van der Waals surface area contributed by atoms with E-state index in [0.717, 1.165) is 5.56 Å². The summed E-state index contributed by atoms with van der Waals surface area (Å²) in [5.74, 6) is 0.250. The van der Waals surface area contributed by atoms with E-state index in [2.05, 4.69) is 30.6 Å². The molecule has 170 valence electrons. The standard InChI is InChI=1S/C22H18F4N6O/c1-33-16-8-2-13(3-9-16)10-28-21-31-19-18(20(32-21)29-12-22(24,25)26)30-17(11-27-19)14-4-6-15(23)7-5-14/h2-9,11H,10,12H2,1H3,(H2,27,28,29,31,32). The Morgan fingerprint density at radius 1 is 0.909 bits per heavy atom. The van der Waals surface area contributed by atoms with Crippen molar-refractivity contribution in [3.63, 3.8) is 0 Å². The summed E-state index contributed by atoms with van der Waals surface area (Å²) in [5, 5.41) is 5.26. The highest BCUT2D eigenvalue weighted by atomic mass is 19.4. The fraction of sp³-hybridized carbons (Fsp3) is 0.182. The number of benzene rings is 2. The quantitative estimate of drug-likeness (QED) is 0.384. The van der Waals surface area contributed by atoms with Gasteiger partial charge in [0.1, 0.15) is 18.1 Å². The number of anilines is 2. The monoisotopic (exact) mass is 458 g/mol. The largest absolute Gasteiger partial charge is 0.497 e. The number of ether oxygens (including phenoxy) is 1. The predicted molar refractivity (Wildman–Crippen MR) is 115 cm³/mol. The van der Waals surface area contributed by atoms with Gasteiger partial charge in [-0.1, -0.05) is 12.1 Å². The SMILES string of the molecule is COc1ccc(CNc2nc(NCC(F)(F)F)c3nc(-c4ccc(F)cc4)cnc3n2)cc1. The maximum atomic E-state index is 13.2. The maximum Gasteiger partial charge on any atom is 0.405 e. The zero-order chi connectivity index (χ0) is 23.4. The van der Waals surface area contributed by atoms with Crippen LogP contribution in [0.3, 0.4) is 0 Å². The Bertz CT molecular complexity index is 1250. The fourth-order valence-corrected chi connectivity index (χ4v) is 2.98. The van der Waals surface area contributed by atoms with Gasteiger partial charge in [0.15, 0.2) is 17.0 Å². The first-order valence-electron chi connectivity index (χ1n) is 9.79. The van der Waals surface area contributed by atoms with Gasteiger partial charge in [0.2, 0.25) is 5.95 Å². The fourth-order valence-electron chi connectivity index (χ4n) is 2.98. The summed E-state index contributed by atoms with van der Waals surface area (Å²) >= 11 is 0. The lowest BCUT2D eigenvalue weighted by molar-refractivity contribution is -0.115. The van der Waals surface area contributed by atoms with Gasteiger partial charge in [-0.15, -0.1) is 0 Å². The first kappa shape index (κ1) is 22.2. The van der Waals surface area contributed by atoms with E-state index < -0.39 is 18.5 Å². The van der Waals surface area contributed by atoms with Gasteiger partial charge >= 0.3 is 6.18 Å². The molecule has 2 heterocycles. The van der Waals surface area contributed by atoms with Crippen molar-refractivity contribution in [2.75, 3.05) is 24.3 Å². The second-order valence-electron chi connectivity index (χ2n) is 7.00. The van der Waals surface area contributed by atoms with Crippen LogP contribution in [0.5, 0.6) is 5.75 Å². The molecule has 0 bridgehead atoms. The zero-order valence-corrected chi connectivity index (χ0v) is 17.3. The lowest BCUT2D eigenvalue weighted by Gasteiger charge is -2.13. The molecular formula is C22H18F4N6O. The smallest absolute Gasteiger partial charge is 0.405 e. The van der Waals surface area contributed by atoms with Crippen LogP contribution in [0.1, 0.15) is 5.56 Å². The molecule has 2 aromatic carbocycles. The molecule has 0 unspecified atom stereocenters. The molecule has 2 N–H and O–H groups in total. The minimum absolute atomic E-state index is 0.0658. The van der Waals surface area contributed by atoms with Crippen molar-refractivity contribution < 1.29 is 22.3 Å². The van der Waals surface area contributed by atoms with Crippen molar-refractivity contribution >= 4 is 22.9 Å². The van der Waals surface area contributed by atoms with Crippen LogP contribution in [0.15, 0.2) is 54.7 Å². The van der Waals surface area contributed by atoms with Crippen LogP contribution in [0.4, 0.5) is 29.3 Å². The number of fused-ring (bicyclic) bond motifs is 1. The molecule has 4 aromatic rings. The third-order valence-corrected chi connectivity index (χ3v) is 4.61. The number of nitrogens with zero attached hydrogens (tertiary/aromatic N) is 4. The van der Waals surface area contributed by atoms with Crippen LogP contribution < -0.4 is 15.4 Å². The Kier molecular flexibility index (Phi) is 6.20. The molecule has 0 aliphatic carbocycles. The Morgan fingerprint density at radius 2 is 1.64 bits per heavy atom. The Labute approximate surface area is 185 Å². The lowest BCUT2D eigenvalue weighted by Crippen LogP contribution is -2.22. The van der Waals surface area contributed by atoms with Crippen molar-refractivity contribution in [3.05, 3.63) is 66.1 Å². The van der Waals surface area contributed by atoms with E-state index in [9.17, 15) is 17.6 Å². The molecule has 33 heavy (non-hydrogen) atoms. The average molecular weight is 458 g/mol. The topological polar surface area (TPSA) is 84.9 Å². The molecule has 0 aliphatic heterocycles. The van der Waals surface area contributed by atoms with Gasteiger partial charge in [0, 0.05) is 12.1 Å². The normalized spacial score (nSPS) is 11.4. The summed E-state index contributed by atoms with van der Waals surface area (Å²) in [6.45, 7) is -0.977. The van der Waals surface area contributed by atoms with E-state index in [1.165, 1.54) is 30.5 Å². The van der Waals surface area contributed by atoms with E-state index >= 15 is 0 Å². The van der Waals surface area contributed by atoms with Crippen LogP contribution in [0, 0.1) is 5.82 Å². The number of hydrogen-bond donors (Lipinski definition) is 2. The van der Waals surface area contributed by atoms with Gasteiger partial charge < -0.3 is 15.4 Å². The molecule has 7 nitrogen and oxygen atoms in total. The molecule has 0 fully saturated rings. The molecule has 0 spiro atoms. The Balaban J connectivity index is 1.66. The average Bonchev–Trinajstić information content (AvgIpc) is 2.81. The van der Waals surface area contributed by atoms with Crippen molar-refractivity contribution in [2.24, 2.45) is 0 Å². The summed E-state index contributed by atoms with van der Waals surface area (Å²) < 4.78 is 56.9. The van der Waals surface area contributed by atoms with Crippen LogP contribution in [0.25, 0.3) is 22.4 Å². The second kappa shape index (κ2) is 9.23. The third-order valence-electron chi connectivity index (χ3n) is 4.61. The summed E-state index contributed by atoms with van der Waals surface area (Å²) in [6, 6.07) is 12.8. The maximum absolute atomic E-state index is 13.2. The molecule has 0 saturated carbocycles. The minimum Gasteiger partial charge on any atom is -0.497 e. The van der Waals surface area contributed by atoms with Crippen molar-refractivity contribution in [2.45, 2.75) is 12.7 Å². The van der Waals surface area contributed by atoms with Gasteiger partial charge in [-0.05, 0) is 42.0 Å². The molecule has 0 aliphatic rings. The van der Waals surface area contributed by atoms with Crippen LogP contribution in [-0.2, 0) is 6.54 Å². The van der Waals surface area contributed by atoms with Gasteiger partial charge in [-0.3, -0.25) is 0 Å². The van der Waals surface area contributed by atoms with E-state index in [1.54, 1.807) is 19.2 Å². The summed E-state index contributed by atoms with van der Waals surface area (Å²) in [5.41, 5.74) is 1.96. The number of rotatable bonds is 7. The summed E-state index contributed by atoms with van der Waals surface area (Å²) in [7, 11) is 1.56. The molecule has 0 amide bonds. The molecule has 4 rings (SSSR count). The highest BCUT2D eigenvalue weighted by molar-refractivity contribution is 5.85. The van der Waals surface area contributed by atoms with Gasteiger partial charge in [-0.25, -0.2) is 14.4 Å². The minimum atomic E-state index is -4.46. The number of aromatic nitrogens is 4. The highest BCUT2D eigenvalue weighted by Crippen LogP contribution is 2.25. The highest BCUT2D eigenvalue weighted by Gasteiger charge is 2.27. The van der Waals surface area contributed by atoms with Crippen molar-refractivity contribution in [1.82, 2.24) is 19.9 Å². The van der Waals surface area contributed by atoms with Gasteiger partial charge in [0.05, 0.1) is 19.0 Å². The second-order valence-corrected chi connectivity index (χ2v) is 7.00. The van der Waals surface area contributed by atoms with Gasteiger partial charge in [-0.2, -0.15) is 23.1 Å². The van der Waals surface area contributed by atoms with Crippen LogP contribution in [-0.4, -0.2) is 39.8 Å². The van der Waals surface area contributed by atoms with Gasteiger partial charge in [0.25, 0.3) is 0 Å². The van der Waals surface area contributed by atoms with E-state index in [1.807, 2.05) is 12.1 Å². The summed E-state index contributed by atoms with van der Waals surface area (Å²) in [6.07, 6.45) is -3.04. The van der Waals surface area contributed by atoms with Crippen LogP contribution >= 0.6 is 0 Å². The molecule has 0 saturated heterocycles. The molecule has 0 radical (unpaired) electrons. The number of hydrogen-bond acceptors (Lipinski definition) is 7. The number of alkyl halides is 3. The number of methoxy groups -OCH3 is 1. The first-order valence-corrected chi connectivity index (χ1v) is 9.79. The summed E-state index contributed by atoms with van der Waals surface area (Å²) in [4.78, 5) is 17.1. The third kappa shape index (κ3) is 5.62. The van der Waals surface area contributed by atoms with Crippen molar-refractivity contribution in [1.29, 1.82) is 0 Å². The lowest BCUT2D eigenvalue weighted by atomic mass is 10.1. The molecular weight excluding hydrogens is 440 g/mol. The molecule has 2 aromatic heterocycles. The first-order chi connectivity index (χ1) is 15.8. The van der Waals surface area contributed by atoms with Crippen molar-refractivity contribution in [3.8, 4) is 17.0 Å². The number of nitrogens with one attached hydrogen (secondary N) is 2. The van der Waals surface area contributed by atoms with E-state index in [0.29, 0.717) is 23.6 Å².